The highest BCUT2D eigenvalue weighted by Crippen LogP contribution is 2.29. The molecule has 3 aliphatic heterocycles. The maximum absolute atomic E-state index is 15.7. The number of benzene rings is 5. The minimum atomic E-state index is -2.07. The molecule has 4 heterocycles. The Morgan fingerprint density at radius 1 is 0.507 bits per heavy atom. The molecule has 0 saturated carbocycles. The van der Waals surface area contributed by atoms with Crippen LogP contribution in [0.4, 0.5) is 13.2 Å². The number of aliphatic hydroxyl groups excluding tert-OH is 2. The van der Waals surface area contributed by atoms with Crippen molar-refractivity contribution in [2.45, 2.75) is 209 Å². The second-order valence-electron chi connectivity index (χ2n) is 34.5. The smallest absolute Gasteiger partial charge is 0.305 e. The molecule has 16 amide bonds. The lowest BCUT2D eigenvalue weighted by atomic mass is 9.98. The molecule has 134 heavy (non-hydrogen) atoms. The molecule has 3 fully saturated rings. The molecule has 6 aromatic rings. The number of rotatable bonds is 23. The first kappa shape index (κ1) is 104. The molecule has 42 heteroatoms. The number of hydrogen-bond donors (Lipinski definition) is 16. The van der Waals surface area contributed by atoms with Crippen LogP contribution >= 0.6 is 11.8 Å². The number of aliphatic carboxylic acids is 1. The van der Waals surface area contributed by atoms with E-state index in [4.69, 9.17) is 11.5 Å². The van der Waals surface area contributed by atoms with Gasteiger partial charge in [0.1, 0.15) is 84.3 Å². The third-order valence-electron chi connectivity index (χ3n) is 23.5. The number of phenols is 1. The van der Waals surface area contributed by atoms with Gasteiger partial charge in [-0.15, -0.1) is 11.8 Å². The highest BCUT2D eigenvalue weighted by Gasteiger charge is 2.49. The van der Waals surface area contributed by atoms with Crippen LogP contribution in [-0.2, 0) is 114 Å². The number of carboxylic acid groups (broad SMARTS) is 1. The molecule has 0 bridgehead atoms. The summed E-state index contributed by atoms with van der Waals surface area (Å²) in [5.74, 6) is -27.2. The van der Waals surface area contributed by atoms with E-state index in [1.165, 1.54) is 52.2 Å². The summed E-state index contributed by atoms with van der Waals surface area (Å²) in [6.45, 7) is 6.07. The molecule has 0 aliphatic carbocycles. The van der Waals surface area contributed by atoms with Crippen LogP contribution in [-0.4, -0.2) is 293 Å². The predicted molar refractivity (Wildman–Crippen MR) is 481 cm³/mol. The van der Waals surface area contributed by atoms with E-state index in [-0.39, 0.29) is 44.3 Å². The lowest BCUT2D eigenvalue weighted by Crippen LogP contribution is -2.62. The van der Waals surface area contributed by atoms with Crippen molar-refractivity contribution < 1.29 is 115 Å². The van der Waals surface area contributed by atoms with Crippen molar-refractivity contribution in [1.82, 2.24) is 77.3 Å². The number of para-hydroxylation sites is 1. The number of aromatic hydroxyl groups is 1. The van der Waals surface area contributed by atoms with Gasteiger partial charge in [-0.1, -0.05) is 138 Å². The van der Waals surface area contributed by atoms with Crippen LogP contribution < -0.4 is 59.3 Å². The fraction of sp³-hybridized carbons (Fsp3) is 0.467. The summed E-state index contributed by atoms with van der Waals surface area (Å²) in [4.78, 5) is 258. The average Bonchev–Trinajstić information content (AvgIpc) is 1.62. The summed E-state index contributed by atoms with van der Waals surface area (Å²) in [6.07, 6.45) is -6.60. The van der Waals surface area contributed by atoms with Crippen molar-refractivity contribution in [2.75, 3.05) is 52.3 Å². The number of phenolic OH excluding ortho intramolecular Hbond substituents is 1. The molecule has 3 saturated heterocycles. The molecule has 1 aromatic heterocycles. The number of fused-ring (bicyclic) bond motifs is 3. The predicted octanol–water partition coefficient (Wildman–Crippen LogP) is -0.322. The van der Waals surface area contributed by atoms with Gasteiger partial charge in [-0.3, -0.25) is 81.5 Å². The normalized spacial score (nSPS) is 24.6. The zero-order chi connectivity index (χ0) is 98.2. The number of hydrogen-bond acceptors (Lipinski definition) is 21. The molecule has 0 radical (unpaired) electrons. The monoisotopic (exact) mass is 1880 g/mol. The number of halogens is 3. The van der Waals surface area contributed by atoms with Gasteiger partial charge in [0.15, 0.2) is 17.5 Å². The van der Waals surface area contributed by atoms with E-state index in [0.717, 1.165) is 31.5 Å². The third-order valence-corrected chi connectivity index (χ3v) is 24.5. The number of H-pyrrole nitrogens is 1. The van der Waals surface area contributed by atoms with Crippen molar-refractivity contribution in [3.63, 3.8) is 0 Å². The Hall–Kier alpha value is -13.5. The van der Waals surface area contributed by atoms with E-state index < -0.39 is 296 Å². The standard InChI is InChI=1S/C92H116F3N17O21S/c1-9-10-25-69-91(132)112-45-57(115)39-72(112)87(128)104-65(41-77(119)120)84(125)107-79(49(4)5)92(133)109(7)70(35-50-19-13-11-14-20-50)85(126)105-67(40-74(96)116)89(130)111-44-56(114)38-71(111)86(127)103-64(37-54-42-98-61-24-18-17-23-58(54)61)83(124)102-63(33-52-26-28-55(113)29-27-52)82(123)101-62(30-48(2)3)81(122)106-68(80(121)99-43-75(97)117)46-134-47-76(118)100-66(34-53-31-59(93)78(95)60(94)32-53)88(129)110(8)73(90(131)108(69)6)36-51-21-15-12-16-22-51/h11-24,26-29,31-32,42,48-49,56-57,62-73,79,98,113-115H,9-10,25,30,33-41,43-47H2,1-8H3,(H2,96,116)(H2,97,117)(H,99,121)(H,100,118)(H,101,123)(H,102,124)(H,103,127)(H,104,128)(H,105,126)(H,106,122)(H,107,125)(H,119,120)/t56-,57-,62+,63+,64+,65+,66+,67+,68+,69+,70+,71+,72-,73+,79+/m1/s1. The first-order valence-corrected chi connectivity index (χ1v) is 45.0. The van der Waals surface area contributed by atoms with E-state index in [2.05, 4.69) is 52.8 Å². The minimum absolute atomic E-state index is 0.148. The van der Waals surface area contributed by atoms with Crippen molar-refractivity contribution in [1.29, 1.82) is 0 Å². The Morgan fingerprint density at radius 3 is 1.57 bits per heavy atom. The van der Waals surface area contributed by atoms with Crippen molar-refractivity contribution >= 4 is 123 Å². The zero-order valence-corrected chi connectivity index (χ0v) is 76.1. The highest BCUT2D eigenvalue weighted by atomic mass is 32.2. The molecule has 0 unspecified atom stereocenters. The number of carbonyl (C=O) groups excluding carboxylic acids is 16. The summed E-state index contributed by atoms with van der Waals surface area (Å²) < 4.78 is 45.1. The minimum Gasteiger partial charge on any atom is -0.508 e. The van der Waals surface area contributed by atoms with Crippen molar-refractivity contribution in [2.24, 2.45) is 23.3 Å². The van der Waals surface area contributed by atoms with Crippen LogP contribution in [0.2, 0.25) is 0 Å². The summed E-state index contributed by atoms with van der Waals surface area (Å²) in [5, 5.41) is 67.0. The zero-order valence-electron chi connectivity index (χ0n) is 75.3. The van der Waals surface area contributed by atoms with E-state index in [0.29, 0.717) is 63.5 Å². The van der Waals surface area contributed by atoms with Crippen LogP contribution in [0.15, 0.2) is 128 Å². The van der Waals surface area contributed by atoms with Gasteiger partial charge in [-0.2, -0.15) is 0 Å². The Bertz CT molecular complexity index is 5250. The van der Waals surface area contributed by atoms with Gasteiger partial charge in [0.2, 0.25) is 94.5 Å². The van der Waals surface area contributed by atoms with Crippen LogP contribution in [0.1, 0.15) is 114 Å². The van der Waals surface area contributed by atoms with Gasteiger partial charge in [-0.05, 0) is 82.8 Å². The summed E-state index contributed by atoms with van der Waals surface area (Å²) in [7, 11) is 3.54. The molecule has 38 nitrogen and oxygen atoms in total. The Kier molecular flexibility index (Phi) is 37.5. The number of aromatic nitrogens is 1. The lowest BCUT2D eigenvalue weighted by Gasteiger charge is -2.38. The number of carbonyl (C=O) groups is 17. The van der Waals surface area contributed by atoms with Gasteiger partial charge in [0.25, 0.3) is 0 Å². The van der Waals surface area contributed by atoms with E-state index in [1.54, 1.807) is 112 Å². The van der Waals surface area contributed by atoms with Gasteiger partial charge in [0, 0.05) is 102 Å². The fourth-order valence-electron chi connectivity index (χ4n) is 16.3. The quantitative estimate of drug-likeness (QED) is 0.0366. The number of aliphatic hydroxyl groups is 2. The number of nitrogens with zero attached hydrogens (tertiary/aromatic N) is 5. The summed E-state index contributed by atoms with van der Waals surface area (Å²) in [6, 6.07) is 6.70. The largest absolute Gasteiger partial charge is 0.508 e. The Balaban J connectivity index is 1.14. The van der Waals surface area contributed by atoms with E-state index in [9.17, 15) is 63.2 Å². The summed E-state index contributed by atoms with van der Waals surface area (Å²) in [5.41, 5.74) is 13.0. The number of thioether (sulfide) groups is 1. The number of aromatic amines is 1. The SMILES string of the molecule is CCCC[C@H]1C(=O)N2C[C@H](O)C[C@@H]2C(=O)N[C@@H](CC(=O)O)C(=O)N[C@@H](C(C)C)C(=O)N(C)[C@@H](Cc2ccccc2)C(=O)N[C@@H](CC(N)=O)C(=O)N2C[C@H](O)C[C@H]2C(=O)N[C@@H](Cc2c[nH]c3ccccc23)C(=O)N[C@@H](Cc2ccc(O)cc2)C(=O)N[C@@H](CC(C)C)C(=O)N[C@H](C(=O)NCC(N)=O)CSCC(=O)N[C@@H](Cc2cc(F)c(F)c(F)c2)C(=O)N(C)[C@@H](Cc2ccccc2)C(=O)N1C. The van der Waals surface area contributed by atoms with Gasteiger partial charge in [0.05, 0.1) is 37.3 Å². The average molecular weight is 1890 g/mol. The number of carboxylic acids is 1. The molecular weight excluding hydrogens is 1770 g/mol. The fourth-order valence-corrected chi connectivity index (χ4v) is 17.2. The molecule has 0 spiro atoms. The molecule has 15 atom stereocenters. The van der Waals surface area contributed by atoms with Gasteiger partial charge < -0.3 is 109 Å². The Labute approximate surface area is 774 Å². The lowest BCUT2D eigenvalue weighted by molar-refractivity contribution is -0.152. The topological polar surface area (TPSA) is 563 Å². The highest BCUT2D eigenvalue weighted by molar-refractivity contribution is 8.00. The van der Waals surface area contributed by atoms with Crippen molar-refractivity contribution in [3.8, 4) is 5.75 Å². The molecule has 3 aliphatic rings. The van der Waals surface area contributed by atoms with Crippen LogP contribution in [0, 0.1) is 29.3 Å². The van der Waals surface area contributed by atoms with Crippen LogP contribution in [0.5, 0.6) is 5.75 Å². The maximum Gasteiger partial charge on any atom is 0.305 e. The number of unbranched alkanes of at least 4 members (excludes halogenated alkanes) is 1. The number of nitrogens with two attached hydrogens (primary N) is 2. The second kappa shape index (κ2) is 48.2. The molecule has 9 rings (SSSR count). The molecular formula is C92H116F3N17O21S. The maximum atomic E-state index is 15.7. The molecule has 18 N–H and O–H groups in total. The van der Waals surface area contributed by atoms with Gasteiger partial charge in [-0.25, -0.2) is 13.2 Å². The Morgan fingerprint density at radius 2 is 1.01 bits per heavy atom. The number of amides is 16. The number of nitrogens with one attached hydrogen (secondary N) is 10. The first-order valence-electron chi connectivity index (χ1n) is 43.9. The van der Waals surface area contributed by atoms with E-state index >= 15 is 51.9 Å². The van der Waals surface area contributed by atoms with Crippen LogP contribution in [0.3, 0.4) is 0 Å². The van der Waals surface area contributed by atoms with Crippen LogP contribution in [0.25, 0.3) is 10.9 Å². The third kappa shape index (κ3) is 28.5. The number of primary amides is 2. The first-order chi connectivity index (χ1) is 63.5. The van der Waals surface area contributed by atoms with E-state index in [1.807, 2.05) is 0 Å². The molecule has 722 valence electrons. The van der Waals surface area contributed by atoms with Gasteiger partial charge >= 0.3 is 5.97 Å². The second-order valence-corrected chi connectivity index (χ2v) is 35.6. The molecule has 5 aromatic carbocycles. The van der Waals surface area contributed by atoms with Crippen molar-refractivity contribution in [3.05, 3.63) is 173 Å². The number of likely N-dealkylation sites (N-methyl/N-ethyl adjacent to an activating group) is 3. The summed E-state index contributed by atoms with van der Waals surface area (Å²) >= 11 is 0.641.